The third-order valence-electron chi connectivity index (χ3n) is 4.68. The highest BCUT2D eigenvalue weighted by molar-refractivity contribution is 5.93. The number of rotatable bonds is 2. The van der Waals surface area contributed by atoms with E-state index in [0.717, 1.165) is 51.6 Å². The Bertz CT molecular complexity index is 481. The summed E-state index contributed by atoms with van der Waals surface area (Å²) >= 11 is 0. The van der Waals surface area contributed by atoms with Crippen molar-refractivity contribution in [3.8, 4) is 11.8 Å². The summed E-state index contributed by atoms with van der Waals surface area (Å²) in [5, 5.41) is 0. The molecule has 0 bridgehead atoms. The lowest BCUT2D eigenvalue weighted by molar-refractivity contribution is -0.131. The highest BCUT2D eigenvalue weighted by Gasteiger charge is 2.36. The van der Waals surface area contributed by atoms with Gasteiger partial charge in [0.1, 0.15) is 6.10 Å². The molecule has 0 radical (unpaired) electrons. The number of piperidine rings is 1. The van der Waals surface area contributed by atoms with E-state index in [1.54, 1.807) is 0 Å². The third-order valence-corrected chi connectivity index (χ3v) is 4.68. The second kappa shape index (κ2) is 6.07. The molecule has 1 saturated carbocycles. The molecule has 21 heavy (non-hydrogen) atoms. The first kappa shape index (κ1) is 14.4. The molecule has 0 aromatic carbocycles. The van der Waals surface area contributed by atoms with Gasteiger partial charge in [-0.1, -0.05) is 5.92 Å². The second-order valence-corrected chi connectivity index (χ2v) is 6.32. The van der Waals surface area contributed by atoms with Crippen molar-refractivity contribution in [2.24, 2.45) is 17.6 Å². The van der Waals surface area contributed by atoms with E-state index in [9.17, 15) is 9.59 Å². The molecule has 3 aliphatic rings. The molecule has 114 valence electrons. The molecule has 3 fully saturated rings. The summed E-state index contributed by atoms with van der Waals surface area (Å²) in [7, 11) is 0. The Morgan fingerprint density at radius 3 is 2.33 bits per heavy atom. The van der Waals surface area contributed by atoms with Gasteiger partial charge in [0, 0.05) is 19.0 Å². The molecule has 2 heterocycles. The average Bonchev–Trinajstić information content (AvgIpc) is 3.18. The number of nitrogens with two attached hydrogens (primary N) is 1. The van der Waals surface area contributed by atoms with Crippen molar-refractivity contribution in [1.29, 1.82) is 0 Å². The molecule has 0 spiro atoms. The maximum Gasteiger partial charge on any atom is 0.298 e. The van der Waals surface area contributed by atoms with Crippen LogP contribution in [0.25, 0.3) is 0 Å². The van der Waals surface area contributed by atoms with Gasteiger partial charge in [-0.15, -0.1) is 0 Å². The van der Waals surface area contributed by atoms with Crippen molar-refractivity contribution in [3.05, 3.63) is 0 Å². The van der Waals surface area contributed by atoms with Crippen molar-refractivity contribution < 1.29 is 14.3 Å². The zero-order valence-corrected chi connectivity index (χ0v) is 12.2. The van der Waals surface area contributed by atoms with E-state index in [0.29, 0.717) is 11.8 Å². The van der Waals surface area contributed by atoms with Crippen LogP contribution in [0, 0.1) is 23.7 Å². The molecule has 5 heteroatoms. The Balaban J connectivity index is 1.46. The molecule has 0 unspecified atom stereocenters. The maximum absolute atomic E-state index is 12.0. The predicted octanol–water partition coefficient (Wildman–Crippen LogP) is 0.671. The van der Waals surface area contributed by atoms with E-state index in [2.05, 4.69) is 11.8 Å². The molecule has 2 saturated heterocycles. The summed E-state index contributed by atoms with van der Waals surface area (Å²) < 4.78 is 5.74. The van der Waals surface area contributed by atoms with Crippen LogP contribution in [0.2, 0.25) is 0 Å². The summed E-state index contributed by atoms with van der Waals surface area (Å²) in [6.45, 7) is 1.48. The molecule has 0 aromatic rings. The average molecular weight is 290 g/mol. The molecular weight excluding hydrogens is 268 g/mol. The van der Waals surface area contributed by atoms with Crippen LogP contribution >= 0.6 is 0 Å². The van der Waals surface area contributed by atoms with E-state index < -0.39 is 6.10 Å². The number of likely N-dealkylation sites (tertiary alicyclic amines) is 1. The highest BCUT2D eigenvalue weighted by atomic mass is 16.5. The smallest absolute Gasteiger partial charge is 0.298 e. The minimum Gasteiger partial charge on any atom is -0.367 e. The summed E-state index contributed by atoms with van der Waals surface area (Å²) in [6, 6.07) is 0. The summed E-state index contributed by atoms with van der Waals surface area (Å²) in [5.41, 5.74) is 5.28. The van der Waals surface area contributed by atoms with Crippen LogP contribution in [0.5, 0.6) is 0 Å². The van der Waals surface area contributed by atoms with Gasteiger partial charge in [0.15, 0.2) is 0 Å². The maximum atomic E-state index is 12.0. The Kier molecular flexibility index (Phi) is 4.16. The number of carbonyl (C=O) groups excluding carboxylic acids is 2. The first-order valence-corrected chi connectivity index (χ1v) is 7.88. The SMILES string of the molecule is NC(=O)[C@H]1CC[C@@H](C2CCN(C(=O)C#CC3CC3)CC2)O1. The molecule has 1 aliphatic carbocycles. The molecule has 5 nitrogen and oxygen atoms in total. The number of hydrogen-bond donors (Lipinski definition) is 1. The van der Waals surface area contributed by atoms with Crippen molar-refractivity contribution in [3.63, 3.8) is 0 Å². The van der Waals surface area contributed by atoms with Crippen LogP contribution in [0.15, 0.2) is 0 Å². The van der Waals surface area contributed by atoms with Gasteiger partial charge in [-0.3, -0.25) is 9.59 Å². The molecular formula is C16H22N2O3. The van der Waals surface area contributed by atoms with Crippen LogP contribution in [0.3, 0.4) is 0 Å². The van der Waals surface area contributed by atoms with E-state index in [-0.39, 0.29) is 17.9 Å². The largest absolute Gasteiger partial charge is 0.367 e. The number of amides is 2. The minimum atomic E-state index is -0.418. The molecule has 2 atom stereocenters. The third kappa shape index (κ3) is 3.56. The summed E-state index contributed by atoms with van der Waals surface area (Å²) in [5.74, 6) is 6.27. The standard InChI is InChI=1S/C16H22N2O3/c17-16(20)14-5-4-13(21-14)12-7-9-18(10-8-12)15(19)6-3-11-1-2-11/h11-14H,1-2,4-5,7-10H2,(H2,17,20)/t13-,14+/m0/s1. The zero-order valence-electron chi connectivity index (χ0n) is 12.2. The quantitative estimate of drug-likeness (QED) is 0.760. The highest BCUT2D eigenvalue weighted by Crippen LogP contribution is 2.32. The molecule has 2 amide bonds. The molecule has 2 aliphatic heterocycles. The van der Waals surface area contributed by atoms with Gasteiger partial charge in [-0.2, -0.15) is 0 Å². The van der Waals surface area contributed by atoms with Gasteiger partial charge < -0.3 is 15.4 Å². The second-order valence-electron chi connectivity index (χ2n) is 6.32. The number of primary amides is 1. The van der Waals surface area contributed by atoms with Crippen molar-refractivity contribution in [2.45, 2.75) is 50.7 Å². The molecule has 3 rings (SSSR count). The lowest BCUT2D eigenvalue weighted by atomic mass is 9.89. The summed E-state index contributed by atoms with van der Waals surface area (Å²) in [4.78, 5) is 24.9. The van der Waals surface area contributed by atoms with Gasteiger partial charge in [0.05, 0.1) is 6.10 Å². The summed E-state index contributed by atoms with van der Waals surface area (Å²) in [6.07, 6.45) is 5.46. The van der Waals surface area contributed by atoms with E-state index >= 15 is 0 Å². The van der Waals surface area contributed by atoms with Gasteiger partial charge in [0.2, 0.25) is 5.91 Å². The molecule has 0 aromatic heterocycles. The van der Waals surface area contributed by atoms with Gasteiger partial charge in [-0.25, -0.2) is 0 Å². The van der Waals surface area contributed by atoms with Gasteiger partial charge in [0.25, 0.3) is 5.91 Å². The van der Waals surface area contributed by atoms with Crippen LogP contribution in [0.4, 0.5) is 0 Å². The fourth-order valence-electron chi connectivity index (χ4n) is 3.16. The normalized spacial score (nSPS) is 29.8. The van der Waals surface area contributed by atoms with E-state index in [1.807, 2.05) is 4.90 Å². The number of carbonyl (C=O) groups is 2. The molecule has 2 N–H and O–H groups in total. The van der Waals surface area contributed by atoms with Crippen LogP contribution in [-0.2, 0) is 14.3 Å². The minimum absolute atomic E-state index is 0.0392. The Labute approximate surface area is 125 Å². The van der Waals surface area contributed by atoms with E-state index in [4.69, 9.17) is 10.5 Å². The Morgan fingerprint density at radius 1 is 1.05 bits per heavy atom. The lowest BCUT2D eigenvalue weighted by Crippen LogP contribution is -2.41. The Morgan fingerprint density at radius 2 is 1.76 bits per heavy atom. The fraction of sp³-hybridized carbons (Fsp3) is 0.750. The van der Waals surface area contributed by atoms with Crippen LogP contribution < -0.4 is 5.73 Å². The number of hydrogen-bond acceptors (Lipinski definition) is 3. The predicted molar refractivity (Wildman–Crippen MR) is 76.9 cm³/mol. The van der Waals surface area contributed by atoms with Crippen LogP contribution in [-0.4, -0.2) is 42.0 Å². The number of ether oxygens (including phenoxy) is 1. The zero-order chi connectivity index (χ0) is 14.8. The monoisotopic (exact) mass is 290 g/mol. The van der Waals surface area contributed by atoms with E-state index in [1.165, 1.54) is 0 Å². The first-order valence-electron chi connectivity index (χ1n) is 7.88. The van der Waals surface area contributed by atoms with Crippen molar-refractivity contribution in [1.82, 2.24) is 4.90 Å². The first-order chi connectivity index (χ1) is 10.1. The fourth-order valence-corrected chi connectivity index (χ4v) is 3.16. The van der Waals surface area contributed by atoms with Crippen LogP contribution in [0.1, 0.15) is 38.5 Å². The topological polar surface area (TPSA) is 72.6 Å². The van der Waals surface area contributed by atoms with Gasteiger partial charge in [-0.05, 0) is 50.4 Å². The Hall–Kier alpha value is -1.54. The van der Waals surface area contributed by atoms with Gasteiger partial charge >= 0.3 is 0 Å². The number of nitrogens with zero attached hydrogens (tertiary/aromatic N) is 1. The lowest BCUT2D eigenvalue weighted by Gasteiger charge is -2.33. The van der Waals surface area contributed by atoms with Crippen molar-refractivity contribution in [2.75, 3.05) is 13.1 Å². The van der Waals surface area contributed by atoms with Crippen molar-refractivity contribution >= 4 is 11.8 Å².